The van der Waals surface area contributed by atoms with E-state index < -0.39 is 6.29 Å². The van der Waals surface area contributed by atoms with E-state index in [-0.39, 0.29) is 54.6 Å². The van der Waals surface area contributed by atoms with Gasteiger partial charge in [-0.2, -0.15) is 0 Å². The Hall–Kier alpha value is -2.03. The highest BCUT2D eigenvalue weighted by Crippen LogP contribution is 2.41. The monoisotopic (exact) mass is 672 g/mol. The number of allylic oxidation sites excluding steroid dienone is 2. The standard InChI is InChI=1S/C41H68O7/c1-9-11-28-43-33(7)47-36(25-24-35-20-16-15-17-21-35)26-27-38-37(39(45-31(3)4)30-40(38)46-32(5)6)22-18-13-14-19-23-41(42)48-34(8)44-29-12-10-2/h13,15-18,20-21,26-27,31-34,36-40H,9-12,14,19,22-25,28-30H2,1-8H3/b18-13-,27-26+/t33?,34?,36-,37+,38+,39-,40+/m0/s1. The largest absolute Gasteiger partial charge is 0.436 e. The van der Waals surface area contributed by atoms with Crippen molar-refractivity contribution in [3.63, 3.8) is 0 Å². The Morgan fingerprint density at radius 1 is 0.833 bits per heavy atom. The molecule has 274 valence electrons. The van der Waals surface area contributed by atoms with Gasteiger partial charge in [-0.15, -0.1) is 0 Å². The van der Waals surface area contributed by atoms with Gasteiger partial charge in [0.25, 0.3) is 0 Å². The van der Waals surface area contributed by atoms with Crippen molar-refractivity contribution in [1.82, 2.24) is 0 Å². The Morgan fingerprint density at radius 2 is 1.48 bits per heavy atom. The summed E-state index contributed by atoms with van der Waals surface area (Å²) in [4.78, 5) is 12.2. The van der Waals surface area contributed by atoms with Crippen LogP contribution < -0.4 is 0 Å². The summed E-state index contributed by atoms with van der Waals surface area (Å²) >= 11 is 0. The smallest absolute Gasteiger partial charge is 0.308 e. The van der Waals surface area contributed by atoms with Gasteiger partial charge in [-0.05, 0) is 98.0 Å². The minimum absolute atomic E-state index is 0.0627. The molecule has 1 saturated carbocycles. The van der Waals surface area contributed by atoms with Crippen molar-refractivity contribution in [1.29, 1.82) is 0 Å². The van der Waals surface area contributed by atoms with Crippen molar-refractivity contribution >= 4 is 5.97 Å². The first-order chi connectivity index (χ1) is 23.1. The van der Waals surface area contributed by atoms with Crippen molar-refractivity contribution in [2.24, 2.45) is 11.8 Å². The van der Waals surface area contributed by atoms with Gasteiger partial charge in [0, 0.05) is 25.4 Å². The molecular weight excluding hydrogens is 604 g/mol. The number of esters is 1. The summed E-state index contributed by atoms with van der Waals surface area (Å²) < 4.78 is 36.4. The number of carbonyl (C=O) groups is 1. The van der Waals surface area contributed by atoms with E-state index in [1.165, 1.54) is 5.56 Å². The third-order valence-corrected chi connectivity index (χ3v) is 8.56. The number of hydrogen-bond donors (Lipinski definition) is 0. The van der Waals surface area contributed by atoms with Gasteiger partial charge in [-0.1, -0.05) is 81.3 Å². The molecule has 2 rings (SSSR count). The first-order valence-corrected chi connectivity index (χ1v) is 18.9. The van der Waals surface area contributed by atoms with Gasteiger partial charge in [0.1, 0.15) is 0 Å². The molecule has 1 aliphatic carbocycles. The molecule has 0 saturated heterocycles. The van der Waals surface area contributed by atoms with Crippen LogP contribution >= 0.6 is 0 Å². The summed E-state index contributed by atoms with van der Waals surface area (Å²) in [7, 11) is 0. The molecule has 7 atom stereocenters. The highest BCUT2D eigenvalue weighted by Gasteiger charge is 2.43. The molecule has 7 nitrogen and oxygen atoms in total. The highest BCUT2D eigenvalue weighted by molar-refractivity contribution is 5.69. The van der Waals surface area contributed by atoms with Gasteiger partial charge >= 0.3 is 5.97 Å². The lowest BCUT2D eigenvalue weighted by molar-refractivity contribution is -0.174. The Bertz CT molecular complexity index is 1010. The molecule has 7 heteroatoms. The maximum Gasteiger partial charge on any atom is 0.308 e. The van der Waals surface area contributed by atoms with Gasteiger partial charge in [0.05, 0.1) is 37.1 Å². The second-order valence-electron chi connectivity index (χ2n) is 13.7. The van der Waals surface area contributed by atoms with Crippen molar-refractivity contribution in [3.8, 4) is 0 Å². The summed E-state index contributed by atoms with van der Waals surface area (Å²) in [5.41, 5.74) is 1.30. The molecule has 0 aromatic heterocycles. The molecule has 0 N–H and O–H groups in total. The molecule has 0 amide bonds. The molecule has 1 aromatic carbocycles. The average molecular weight is 673 g/mol. The van der Waals surface area contributed by atoms with Crippen molar-refractivity contribution in [3.05, 3.63) is 60.2 Å². The van der Waals surface area contributed by atoms with E-state index in [1.54, 1.807) is 6.92 Å². The van der Waals surface area contributed by atoms with Crippen LogP contribution in [0.3, 0.4) is 0 Å². The molecule has 0 aliphatic heterocycles. The quantitative estimate of drug-likeness (QED) is 0.0420. The van der Waals surface area contributed by atoms with Gasteiger partial charge < -0.3 is 28.4 Å². The maximum atomic E-state index is 12.2. The number of ether oxygens (including phenoxy) is 6. The van der Waals surface area contributed by atoms with E-state index in [4.69, 9.17) is 28.4 Å². The summed E-state index contributed by atoms with van der Waals surface area (Å²) in [6, 6.07) is 10.6. The van der Waals surface area contributed by atoms with E-state index in [9.17, 15) is 4.79 Å². The summed E-state index contributed by atoms with van der Waals surface area (Å²) in [6.45, 7) is 17.8. The highest BCUT2D eigenvalue weighted by atomic mass is 16.7. The van der Waals surface area contributed by atoms with Crippen LogP contribution in [0.2, 0.25) is 0 Å². The van der Waals surface area contributed by atoms with Crippen LogP contribution in [0.15, 0.2) is 54.6 Å². The molecule has 0 spiro atoms. The Balaban J connectivity index is 2.11. The predicted molar refractivity (Wildman–Crippen MR) is 195 cm³/mol. The SMILES string of the molecule is CCCCOC(C)OC(=O)CCC/C=C\C[C@@H]1[C@@H](/C=C/[C@H](CCc2ccccc2)OC(C)OCCCC)[C@H](OC(C)C)C[C@@H]1OC(C)C. The summed E-state index contributed by atoms with van der Waals surface area (Å²) in [6.07, 6.45) is 18.2. The Morgan fingerprint density at radius 3 is 2.12 bits per heavy atom. The van der Waals surface area contributed by atoms with E-state index in [0.717, 1.165) is 64.2 Å². The van der Waals surface area contributed by atoms with E-state index in [1.807, 2.05) is 6.92 Å². The molecule has 1 fully saturated rings. The van der Waals surface area contributed by atoms with Gasteiger partial charge in [0.2, 0.25) is 0 Å². The second-order valence-corrected chi connectivity index (χ2v) is 13.7. The van der Waals surface area contributed by atoms with Crippen LogP contribution in [0.25, 0.3) is 0 Å². The number of hydrogen-bond acceptors (Lipinski definition) is 7. The van der Waals surface area contributed by atoms with Crippen molar-refractivity contribution < 1.29 is 33.2 Å². The fourth-order valence-corrected chi connectivity index (χ4v) is 6.16. The Kier molecular flexibility index (Phi) is 21.9. The number of unbranched alkanes of at least 4 members (excludes halogenated alkanes) is 3. The molecule has 0 radical (unpaired) electrons. The zero-order valence-electron chi connectivity index (χ0n) is 31.4. The van der Waals surface area contributed by atoms with Crippen LogP contribution in [-0.4, -0.2) is 62.3 Å². The number of benzene rings is 1. The third kappa shape index (κ3) is 18.1. The number of aryl methyl sites for hydroxylation is 1. The fourth-order valence-electron chi connectivity index (χ4n) is 6.16. The molecule has 1 aromatic rings. The second kappa shape index (κ2) is 25.0. The predicted octanol–water partition coefficient (Wildman–Crippen LogP) is 9.77. The minimum Gasteiger partial charge on any atom is -0.436 e. The molecule has 0 heterocycles. The number of rotatable bonds is 26. The Labute approximate surface area is 293 Å². The molecule has 2 unspecified atom stereocenters. The summed E-state index contributed by atoms with van der Waals surface area (Å²) in [5.74, 6) is 0.244. The molecule has 48 heavy (non-hydrogen) atoms. The molecular formula is C41H68O7. The zero-order chi connectivity index (χ0) is 35.1. The lowest BCUT2D eigenvalue weighted by Gasteiger charge is -2.26. The topological polar surface area (TPSA) is 72.5 Å². The van der Waals surface area contributed by atoms with Gasteiger partial charge in [0.15, 0.2) is 12.6 Å². The summed E-state index contributed by atoms with van der Waals surface area (Å²) in [5, 5.41) is 0. The van der Waals surface area contributed by atoms with Crippen LogP contribution in [0.5, 0.6) is 0 Å². The maximum absolute atomic E-state index is 12.2. The lowest BCUT2D eigenvalue weighted by Crippen LogP contribution is -2.27. The fraction of sp³-hybridized carbons (Fsp3) is 0.732. The van der Waals surface area contributed by atoms with Crippen LogP contribution in [-0.2, 0) is 39.6 Å². The van der Waals surface area contributed by atoms with Crippen LogP contribution in [0, 0.1) is 11.8 Å². The number of carbonyl (C=O) groups excluding carboxylic acids is 1. The average Bonchev–Trinajstić information content (AvgIpc) is 3.34. The first kappa shape index (κ1) is 42.1. The molecule has 1 aliphatic rings. The normalized spacial score (nSPS) is 21.9. The van der Waals surface area contributed by atoms with Crippen molar-refractivity contribution in [2.45, 2.75) is 169 Å². The van der Waals surface area contributed by atoms with Crippen LogP contribution in [0.4, 0.5) is 0 Å². The van der Waals surface area contributed by atoms with Gasteiger partial charge in [-0.3, -0.25) is 4.79 Å². The third-order valence-electron chi connectivity index (χ3n) is 8.56. The van der Waals surface area contributed by atoms with E-state index >= 15 is 0 Å². The van der Waals surface area contributed by atoms with Crippen molar-refractivity contribution in [2.75, 3.05) is 13.2 Å². The lowest BCUT2D eigenvalue weighted by atomic mass is 9.89. The van der Waals surface area contributed by atoms with E-state index in [2.05, 4.69) is 96.2 Å². The van der Waals surface area contributed by atoms with Crippen LogP contribution in [0.1, 0.15) is 125 Å². The minimum atomic E-state index is -0.494. The van der Waals surface area contributed by atoms with Gasteiger partial charge in [-0.25, -0.2) is 0 Å². The molecule has 0 bridgehead atoms. The van der Waals surface area contributed by atoms with E-state index in [0.29, 0.717) is 19.6 Å². The zero-order valence-corrected chi connectivity index (χ0v) is 31.4. The first-order valence-electron chi connectivity index (χ1n) is 18.9.